The molecule has 0 spiro atoms. The Balaban J connectivity index is 2.21. The Bertz CT molecular complexity index is 272. The highest BCUT2D eigenvalue weighted by molar-refractivity contribution is 5.27. The van der Waals surface area contributed by atoms with E-state index >= 15 is 0 Å². The molecule has 3 N–H and O–H groups in total. The van der Waals surface area contributed by atoms with Gasteiger partial charge >= 0.3 is 0 Å². The summed E-state index contributed by atoms with van der Waals surface area (Å²) in [5, 5.41) is 8.61. The zero-order valence-corrected chi connectivity index (χ0v) is 9.69. The van der Waals surface area contributed by atoms with E-state index in [0.717, 1.165) is 38.0 Å². The minimum atomic E-state index is 0.272. The average molecular weight is 223 g/mol. The molecule has 3 nitrogen and oxygen atoms in total. The summed E-state index contributed by atoms with van der Waals surface area (Å²) in [7, 11) is 0. The largest absolute Gasteiger partial charge is 0.494 e. The highest BCUT2D eigenvalue weighted by Gasteiger charge is 1.95. The van der Waals surface area contributed by atoms with Crippen LogP contribution in [-0.2, 0) is 6.42 Å². The van der Waals surface area contributed by atoms with E-state index in [1.54, 1.807) is 0 Å². The fraction of sp³-hybridized carbons (Fsp3) is 0.538. The number of nitrogens with two attached hydrogens (primary N) is 1. The van der Waals surface area contributed by atoms with Gasteiger partial charge in [0.25, 0.3) is 0 Å². The predicted molar refractivity (Wildman–Crippen MR) is 65.6 cm³/mol. The smallest absolute Gasteiger partial charge is 0.119 e. The lowest BCUT2D eigenvalue weighted by molar-refractivity contribution is 0.266. The van der Waals surface area contributed by atoms with Crippen molar-refractivity contribution in [2.45, 2.75) is 25.7 Å². The maximum absolute atomic E-state index is 8.61. The first-order valence-corrected chi connectivity index (χ1v) is 5.89. The Morgan fingerprint density at radius 3 is 2.44 bits per heavy atom. The second-order valence-corrected chi connectivity index (χ2v) is 3.82. The molecule has 0 aliphatic carbocycles. The molecule has 90 valence electrons. The second-order valence-electron chi connectivity index (χ2n) is 3.82. The van der Waals surface area contributed by atoms with Gasteiger partial charge in [0.05, 0.1) is 6.61 Å². The first kappa shape index (κ1) is 13.0. The van der Waals surface area contributed by atoms with Gasteiger partial charge < -0.3 is 15.6 Å². The van der Waals surface area contributed by atoms with Crippen molar-refractivity contribution in [2.24, 2.45) is 5.73 Å². The molecule has 0 aliphatic rings. The summed E-state index contributed by atoms with van der Waals surface area (Å²) in [5.74, 6) is 0.907. The van der Waals surface area contributed by atoms with Crippen LogP contribution in [0.15, 0.2) is 24.3 Å². The van der Waals surface area contributed by atoms with E-state index in [0.29, 0.717) is 6.54 Å². The van der Waals surface area contributed by atoms with E-state index in [9.17, 15) is 0 Å². The third kappa shape index (κ3) is 5.14. The highest BCUT2D eigenvalue weighted by Crippen LogP contribution is 2.12. The van der Waals surface area contributed by atoms with Crippen LogP contribution in [0.2, 0.25) is 0 Å². The van der Waals surface area contributed by atoms with Gasteiger partial charge in [-0.2, -0.15) is 0 Å². The van der Waals surface area contributed by atoms with Crippen molar-refractivity contribution in [3.8, 4) is 5.75 Å². The molecule has 1 aromatic rings. The minimum absolute atomic E-state index is 0.272. The van der Waals surface area contributed by atoms with Crippen molar-refractivity contribution in [1.29, 1.82) is 0 Å². The van der Waals surface area contributed by atoms with Gasteiger partial charge in [-0.15, -0.1) is 0 Å². The standard InChI is InChI=1S/C13H21NO2/c14-9-8-12-4-6-13(7-5-12)16-11-3-1-2-10-15/h4-7,15H,1-3,8-11,14H2. The van der Waals surface area contributed by atoms with Crippen molar-refractivity contribution in [3.63, 3.8) is 0 Å². The number of aliphatic hydroxyl groups excluding tert-OH is 1. The van der Waals surface area contributed by atoms with E-state index in [-0.39, 0.29) is 6.61 Å². The first-order chi connectivity index (χ1) is 7.86. The fourth-order valence-corrected chi connectivity index (χ4v) is 1.50. The lowest BCUT2D eigenvalue weighted by atomic mass is 10.1. The number of aliphatic hydroxyl groups is 1. The summed E-state index contributed by atoms with van der Waals surface area (Å²) in [6, 6.07) is 8.07. The third-order valence-corrected chi connectivity index (χ3v) is 2.43. The summed E-state index contributed by atoms with van der Waals surface area (Å²) in [4.78, 5) is 0. The monoisotopic (exact) mass is 223 g/mol. The van der Waals surface area contributed by atoms with E-state index in [1.165, 1.54) is 5.56 Å². The second kappa shape index (κ2) is 8.13. The van der Waals surface area contributed by atoms with Crippen LogP contribution >= 0.6 is 0 Å². The van der Waals surface area contributed by atoms with E-state index < -0.39 is 0 Å². The molecule has 3 heteroatoms. The first-order valence-electron chi connectivity index (χ1n) is 5.89. The van der Waals surface area contributed by atoms with Crippen LogP contribution in [0.25, 0.3) is 0 Å². The molecular formula is C13H21NO2. The molecular weight excluding hydrogens is 202 g/mol. The SMILES string of the molecule is NCCc1ccc(OCCCCCO)cc1. The molecule has 0 saturated heterocycles. The van der Waals surface area contributed by atoms with Gasteiger partial charge in [-0.05, 0) is 49.9 Å². The Morgan fingerprint density at radius 1 is 1.06 bits per heavy atom. The normalized spacial score (nSPS) is 10.4. The van der Waals surface area contributed by atoms with Crippen molar-refractivity contribution >= 4 is 0 Å². The molecule has 1 aromatic carbocycles. The molecule has 0 heterocycles. The molecule has 0 fully saturated rings. The van der Waals surface area contributed by atoms with Crippen LogP contribution in [0, 0.1) is 0 Å². The summed E-state index contributed by atoms with van der Waals surface area (Å²) in [6.45, 7) is 1.67. The predicted octanol–water partition coefficient (Wildman–Crippen LogP) is 1.73. The summed E-state index contributed by atoms with van der Waals surface area (Å²) < 4.78 is 5.57. The van der Waals surface area contributed by atoms with Crippen LogP contribution in [0.4, 0.5) is 0 Å². The summed E-state index contributed by atoms with van der Waals surface area (Å²) >= 11 is 0. The lowest BCUT2D eigenvalue weighted by Crippen LogP contribution is -2.02. The molecule has 0 saturated carbocycles. The molecule has 0 aliphatic heterocycles. The molecule has 0 bridgehead atoms. The Labute approximate surface area is 97.2 Å². The average Bonchev–Trinajstić information content (AvgIpc) is 2.31. The minimum Gasteiger partial charge on any atom is -0.494 e. The van der Waals surface area contributed by atoms with Crippen LogP contribution in [0.3, 0.4) is 0 Å². The van der Waals surface area contributed by atoms with Crippen molar-refractivity contribution in [1.82, 2.24) is 0 Å². The Morgan fingerprint density at radius 2 is 1.81 bits per heavy atom. The van der Waals surface area contributed by atoms with E-state index in [2.05, 4.69) is 12.1 Å². The van der Waals surface area contributed by atoms with Gasteiger partial charge in [-0.25, -0.2) is 0 Å². The number of unbranched alkanes of at least 4 members (excludes halogenated alkanes) is 2. The van der Waals surface area contributed by atoms with Crippen molar-refractivity contribution in [3.05, 3.63) is 29.8 Å². The van der Waals surface area contributed by atoms with E-state index in [4.69, 9.17) is 15.6 Å². The van der Waals surface area contributed by atoms with Gasteiger partial charge in [0.15, 0.2) is 0 Å². The molecule has 0 atom stereocenters. The maximum Gasteiger partial charge on any atom is 0.119 e. The topological polar surface area (TPSA) is 55.5 Å². The summed E-state index contributed by atoms with van der Waals surface area (Å²) in [5.41, 5.74) is 6.72. The highest BCUT2D eigenvalue weighted by atomic mass is 16.5. The van der Waals surface area contributed by atoms with Crippen molar-refractivity contribution < 1.29 is 9.84 Å². The molecule has 0 unspecified atom stereocenters. The molecule has 0 radical (unpaired) electrons. The number of ether oxygens (including phenoxy) is 1. The van der Waals surface area contributed by atoms with Crippen molar-refractivity contribution in [2.75, 3.05) is 19.8 Å². The van der Waals surface area contributed by atoms with Gasteiger partial charge in [-0.3, -0.25) is 0 Å². The van der Waals surface area contributed by atoms with Crippen LogP contribution in [-0.4, -0.2) is 24.9 Å². The molecule has 1 rings (SSSR count). The van der Waals surface area contributed by atoms with Gasteiger partial charge in [0, 0.05) is 6.61 Å². The molecule has 0 aromatic heterocycles. The van der Waals surface area contributed by atoms with E-state index in [1.807, 2.05) is 12.1 Å². The van der Waals surface area contributed by atoms with Gasteiger partial charge in [0.2, 0.25) is 0 Å². The summed E-state index contributed by atoms with van der Waals surface area (Å²) in [6.07, 6.45) is 3.78. The van der Waals surface area contributed by atoms with Crippen LogP contribution in [0.5, 0.6) is 5.75 Å². The molecule has 16 heavy (non-hydrogen) atoms. The van der Waals surface area contributed by atoms with Gasteiger partial charge in [-0.1, -0.05) is 12.1 Å². The quantitative estimate of drug-likeness (QED) is 0.660. The third-order valence-electron chi connectivity index (χ3n) is 2.43. The maximum atomic E-state index is 8.61. The lowest BCUT2D eigenvalue weighted by Gasteiger charge is -2.06. The Kier molecular flexibility index (Phi) is 6.61. The fourth-order valence-electron chi connectivity index (χ4n) is 1.50. The van der Waals surface area contributed by atoms with Crippen LogP contribution in [0.1, 0.15) is 24.8 Å². The number of hydrogen-bond acceptors (Lipinski definition) is 3. The zero-order chi connectivity index (χ0) is 11.6. The van der Waals surface area contributed by atoms with Crippen LogP contribution < -0.4 is 10.5 Å². The van der Waals surface area contributed by atoms with Gasteiger partial charge in [0.1, 0.15) is 5.75 Å². The zero-order valence-electron chi connectivity index (χ0n) is 9.69. The number of benzene rings is 1. The Hall–Kier alpha value is -1.06. The number of hydrogen-bond donors (Lipinski definition) is 2. The number of rotatable bonds is 8. The molecule has 0 amide bonds.